The van der Waals surface area contributed by atoms with Crippen molar-refractivity contribution in [2.75, 3.05) is 24.5 Å². The molecule has 9 nitrogen and oxygen atoms in total. The first-order valence-electron chi connectivity index (χ1n) is 14.1. The van der Waals surface area contributed by atoms with Crippen LogP contribution in [0.2, 0.25) is 0 Å². The van der Waals surface area contributed by atoms with Crippen LogP contribution in [0.5, 0.6) is 5.75 Å². The second-order valence-electron chi connectivity index (χ2n) is 10.5. The number of aromatic nitrogens is 2. The predicted molar refractivity (Wildman–Crippen MR) is 156 cm³/mol. The summed E-state index contributed by atoms with van der Waals surface area (Å²) in [6.45, 7) is 1.69. The van der Waals surface area contributed by atoms with Crippen LogP contribution in [0.15, 0.2) is 77.7 Å². The summed E-state index contributed by atoms with van der Waals surface area (Å²) in [6.07, 6.45) is -5.54. The molecule has 1 aliphatic heterocycles. The molecule has 1 atom stereocenters. The Hall–Kier alpha value is -4.24. The van der Waals surface area contributed by atoms with E-state index in [0.29, 0.717) is 17.0 Å². The highest BCUT2D eigenvalue weighted by molar-refractivity contribution is 7.89. The number of para-hydroxylation sites is 2. The maximum Gasteiger partial charge on any atom is 0.573 e. The first-order chi connectivity index (χ1) is 21.2. The number of carbonyl (C=O) groups excluding carboxylic acids is 1. The maximum absolute atomic E-state index is 14.0. The third-order valence-electron chi connectivity index (χ3n) is 7.50. The van der Waals surface area contributed by atoms with E-state index in [4.69, 9.17) is 0 Å². The molecule has 3 aromatic carbocycles. The van der Waals surface area contributed by atoms with Gasteiger partial charge in [-0.3, -0.25) is 4.79 Å². The van der Waals surface area contributed by atoms with E-state index in [1.165, 1.54) is 31.2 Å². The van der Waals surface area contributed by atoms with Crippen molar-refractivity contribution in [1.29, 1.82) is 0 Å². The van der Waals surface area contributed by atoms with Gasteiger partial charge in [-0.15, -0.1) is 13.2 Å². The molecule has 1 aromatic heterocycles. The number of sulfonamides is 1. The third kappa shape index (κ3) is 7.53. The molecule has 0 saturated carbocycles. The highest BCUT2D eigenvalue weighted by Crippen LogP contribution is 2.32. The van der Waals surface area contributed by atoms with Gasteiger partial charge in [0.15, 0.2) is 0 Å². The molecule has 2 heterocycles. The number of ether oxygens (including phenoxy) is 1. The minimum absolute atomic E-state index is 0.0320. The van der Waals surface area contributed by atoms with Crippen molar-refractivity contribution in [2.45, 2.75) is 49.5 Å². The number of hydrogen-bond acceptors (Lipinski definition) is 6. The van der Waals surface area contributed by atoms with Gasteiger partial charge in [0.2, 0.25) is 21.9 Å². The van der Waals surface area contributed by atoms with Gasteiger partial charge >= 0.3 is 6.36 Å². The summed E-state index contributed by atoms with van der Waals surface area (Å²) in [5, 5.41) is 2.72. The van der Waals surface area contributed by atoms with E-state index in [1.54, 1.807) is 0 Å². The zero-order valence-corrected chi connectivity index (χ0v) is 24.8. The number of halogens is 5. The van der Waals surface area contributed by atoms with Gasteiger partial charge in [0.1, 0.15) is 5.75 Å². The van der Waals surface area contributed by atoms with E-state index in [9.17, 15) is 35.2 Å². The zero-order valence-electron chi connectivity index (χ0n) is 24.0. The van der Waals surface area contributed by atoms with Crippen molar-refractivity contribution in [3.05, 3.63) is 83.9 Å². The molecular weight excluding hydrogens is 621 g/mol. The standard InChI is InChI=1S/C30H30F5N5O4S/c1-2-29(31,32)21-9-7-20(8-10-21)18-36-27(41)17-22-19-39(28-37-25-5-3-4-6-26(25)38-28)15-16-40(22)45(42,43)24-13-11-23(12-14-24)44-30(33,34)35/h3-14,22H,2,15-19H2,1H3,(H,36,41)(H,37,38)/t22-/m0/s1. The Labute approximate surface area is 256 Å². The van der Waals surface area contributed by atoms with Crippen molar-refractivity contribution < 1.29 is 39.9 Å². The topological polar surface area (TPSA) is 108 Å². The molecule has 0 aliphatic carbocycles. The average molecular weight is 652 g/mol. The van der Waals surface area contributed by atoms with E-state index < -0.39 is 40.0 Å². The largest absolute Gasteiger partial charge is 0.573 e. The molecule has 15 heteroatoms. The van der Waals surface area contributed by atoms with Gasteiger partial charge < -0.3 is 19.9 Å². The van der Waals surface area contributed by atoms with Gasteiger partial charge in [0.25, 0.3) is 5.92 Å². The Morgan fingerprint density at radius 1 is 1.00 bits per heavy atom. The number of hydrogen-bond donors (Lipinski definition) is 2. The minimum atomic E-state index is -4.94. The number of imidazole rings is 1. The van der Waals surface area contributed by atoms with Crippen LogP contribution in [0.4, 0.5) is 27.9 Å². The number of nitrogens with one attached hydrogen (secondary N) is 2. The number of nitrogens with zero attached hydrogens (tertiary/aromatic N) is 3. The van der Waals surface area contributed by atoms with Crippen LogP contribution in [-0.2, 0) is 27.3 Å². The smallest absolute Gasteiger partial charge is 0.406 e. The molecule has 0 radical (unpaired) electrons. The summed E-state index contributed by atoms with van der Waals surface area (Å²) < 4.78 is 98.2. The van der Waals surface area contributed by atoms with Crippen LogP contribution < -0.4 is 15.0 Å². The molecular formula is C30H30F5N5O4S. The molecule has 1 saturated heterocycles. The lowest BCUT2D eigenvalue weighted by Crippen LogP contribution is -2.56. The molecule has 0 spiro atoms. The summed E-state index contributed by atoms with van der Waals surface area (Å²) in [7, 11) is -4.25. The van der Waals surface area contributed by atoms with Gasteiger partial charge in [-0.25, -0.2) is 22.2 Å². The van der Waals surface area contributed by atoms with Gasteiger partial charge in [0.05, 0.1) is 22.0 Å². The molecule has 1 fully saturated rings. The number of fused-ring (bicyclic) bond motifs is 1. The summed E-state index contributed by atoms with van der Waals surface area (Å²) >= 11 is 0. The molecule has 1 aliphatic rings. The normalized spacial score (nSPS) is 16.6. The molecule has 45 heavy (non-hydrogen) atoms. The van der Waals surface area contributed by atoms with E-state index in [-0.39, 0.29) is 49.5 Å². The Balaban J connectivity index is 1.34. The quantitative estimate of drug-likeness (QED) is 0.218. The number of anilines is 1. The number of alkyl halides is 5. The fraction of sp³-hybridized carbons (Fsp3) is 0.333. The number of piperazine rings is 1. The lowest BCUT2D eigenvalue weighted by Gasteiger charge is -2.40. The molecule has 0 bridgehead atoms. The zero-order chi connectivity index (χ0) is 32.4. The van der Waals surface area contributed by atoms with Crippen LogP contribution >= 0.6 is 0 Å². The Bertz CT molecular complexity index is 1710. The first-order valence-corrected chi connectivity index (χ1v) is 15.5. The van der Waals surface area contributed by atoms with E-state index in [2.05, 4.69) is 20.0 Å². The van der Waals surface area contributed by atoms with Crippen molar-refractivity contribution in [3.63, 3.8) is 0 Å². The highest BCUT2D eigenvalue weighted by Gasteiger charge is 2.38. The second kappa shape index (κ2) is 12.6. The summed E-state index contributed by atoms with van der Waals surface area (Å²) in [5.41, 5.74) is 1.94. The number of carbonyl (C=O) groups is 1. The number of H-pyrrole nitrogens is 1. The van der Waals surface area contributed by atoms with Gasteiger partial charge in [-0.2, -0.15) is 4.31 Å². The van der Waals surface area contributed by atoms with Crippen molar-refractivity contribution in [1.82, 2.24) is 19.6 Å². The fourth-order valence-electron chi connectivity index (χ4n) is 5.11. The molecule has 0 unspecified atom stereocenters. The summed E-state index contributed by atoms with van der Waals surface area (Å²) in [4.78, 5) is 22.5. The molecule has 4 aromatic rings. The molecule has 240 valence electrons. The monoisotopic (exact) mass is 651 g/mol. The lowest BCUT2D eigenvalue weighted by molar-refractivity contribution is -0.274. The number of amides is 1. The van der Waals surface area contributed by atoms with Crippen molar-refractivity contribution in [2.24, 2.45) is 0 Å². The third-order valence-corrected chi connectivity index (χ3v) is 9.47. The van der Waals surface area contributed by atoms with Gasteiger partial charge in [0, 0.05) is 44.6 Å². The summed E-state index contributed by atoms with van der Waals surface area (Å²) in [6, 6.07) is 15.9. The van der Waals surface area contributed by atoms with Gasteiger partial charge in [-0.05, 0) is 42.0 Å². The van der Waals surface area contributed by atoms with Crippen LogP contribution in [0, 0.1) is 0 Å². The minimum Gasteiger partial charge on any atom is -0.406 e. The van der Waals surface area contributed by atoms with E-state index in [1.807, 2.05) is 29.2 Å². The van der Waals surface area contributed by atoms with E-state index in [0.717, 1.165) is 34.1 Å². The van der Waals surface area contributed by atoms with Crippen LogP contribution in [0.25, 0.3) is 11.0 Å². The number of aromatic amines is 1. The van der Waals surface area contributed by atoms with Crippen LogP contribution in [0.3, 0.4) is 0 Å². The number of benzene rings is 3. The van der Waals surface area contributed by atoms with Gasteiger partial charge in [-0.1, -0.05) is 43.3 Å². The summed E-state index contributed by atoms with van der Waals surface area (Å²) in [5.74, 6) is -3.52. The Morgan fingerprint density at radius 3 is 2.33 bits per heavy atom. The molecule has 5 rings (SSSR count). The average Bonchev–Trinajstić information content (AvgIpc) is 3.44. The highest BCUT2D eigenvalue weighted by atomic mass is 32.2. The Kier molecular flexibility index (Phi) is 9.03. The maximum atomic E-state index is 14.0. The SMILES string of the molecule is CCC(F)(F)c1ccc(CNC(=O)C[C@H]2CN(c3nc4ccccc4[nH]3)CCN2S(=O)(=O)c2ccc(OC(F)(F)F)cc2)cc1. The van der Waals surface area contributed by atoms with Crippen molar-refractivity contribution >= 4 is 32.9 Å². The van der Waals surface area contributed by atoms with Crippen molar-refractivity contribution in [3.8, 4) is 5.75 Å². The van der Waals surface area contributed by atoms with Crippen LogP contribution in [-0.4, -0.2) is 60.6 Å². The lowest BCUT2D eigenvalue weighted by atomic mass is 10.0. The van der Waals surface area contributed by atoms with Crippen LogP contribution in [0.1, 0.15) is 30.9 Å². The molecule has 1 amide bonds. The predicted octanol–water partition coefficient (Wildman–Crippen LogP) is 5.55. The van der Waals surface area contributed by atoms with E-state index >= 15 is 0 Å². The molecule has 2 N–H and O–H groups in total. The Morgan fingerprint density at radius 2 is 1.69 bits per heavy atom. The second-order valence-corrected chi connectivity index (χ2v) is 12.4. The first kappa shape index (κ1) is 32.2. The number of rotatable bonds is 10. The fourth-order valence-corrected chi connectivity index (χ4v) is 6.72.